The summed E-state index contributed by atoms with van der Waals surface area (Å²) >= 11 is 0. The van der Waals surface area contributed by atoms with Gasteiger partial charge in [-0.15, -0.1) is 0 Å². The smallest absolute Gasteiger partial charge is 0.0467 e. The van der Waals surface area contributed by atoms with Gasteiger partial charge in [-0.2, -0.15) is 0 Å². The van der Waals surface area contributed by atoms with Gasteiger partial charge in [-0.3, -0.25) is 0 Å². The maximum absolute atomic E-state index is 5.19. The van der Waals surface area contributed by atoms with Crippen LogP contribution < -0.4 is 5.32 Å². The zero-order chi connectivity index (χ0) is 15.0. The van der Waals surface area contributed by atoms with E-state index in [1.54, 1.807) is 7.11 Å². The molecule has 0 amide bonds. The summed E-state index contributed by atoms with van der Waals surface area (Å²) < 4.78 is 5.19. The van der Waals surface area contributed by atoms with Gasteiger partial charge in [-0.05, 0) is 35.8 Å². The van der Waals surface area contributed by atoms with Crippen LogP contribution in [0.1, 0.15) is 57.7 Å². The number of rotatable bonds is 9. The van der Waals surface area contributed by atoms with Crippen molar-refractivity contribution in [1.82, 2.24) is 5.32 Å². The van der Waals surface area contributed by atoms with Crippen molar-refractivity contribution in [3.63, 3.8) is 0 Å². The van der Waals surface area contributed by atoms with Crippen LogP contribution in [0.15, 0.2) is 24.3 Å². The van der Waals surface area contributed by atoms with Gasteiger partial charge in [0, 0.05) is 26.3 Å². The second kappa shape index (κ2) is 8.43. The monoisotopic (exact) mass is 277 g/mol. The lowest BCUT2D eigenvalue weighted by Gasteiger charge is -2.28. The zero-order valence-corrected chi connectivity index (χ0v) is 13.8. The number of benzene rings is 1. The molecule has 0 aliphatic rings. The molecule has 0 aliphatic carbocycles. The van der Waals surface area contributed by atoms with Gasteiger partial charge in [0.25, 0.3) is 0 Å². The van der Waals surface area contributed by atoms with Crippen LogP contribution in [0.5, 0.6) is 0 Å². The molecule has 1 unspecified atom stereocenters. The Morgan fingerprint density at radius 3 is 2.30 bits per heavy atom. The van der Waals surface area contributed by atoms with Crippen molar-refractivity contribution >= 4 is 0 Å². The van der Waals surface area contributed by atoms with Crippen molar-refractivity contribution in [2.45, 2.75) is 53.0 Å². The molecule has 0 fully saturated rings. The molecule has 1 atom stereocenters. The van der Waals surface area contributed by atoms with Crippen LogP contribution in [-0.2, 0) is 11.2 Å². The summed E-state index contributed by atoms with van der Waals surface area (Å²) in [7, 11) is 1.77. The van der Waals surface area contributed by atoms with Gasteiger partial charge in [0.1, 0.15) is 0 Å². The molecule has 0 aromatic heterocycles. The second-order valence-electron chi connectivity index (χ2n) is 6.34. The number of aryl methyl sites for hydroxylation is 1. The second-order valence-corrected chi connectivity index (χ2v) is 6.34. The lowest BCUT2D eigenvalue weighted by Crippen LogP contribution is -2.33. The highest BCUT2D eigenvalue weighted by Gasteiger charge is 2.19. The van der Waals surface area contributed by atoms with Crippen molar-refractivity contribution in [2.24, 2.45) is 5.41 Å². The molecule has 114 valence electrons. The Bertz CT molecular complexity index is 370. The Labute approximate surface area is 124 Å². The number of nitrogens with one attached hydrogen (secondary N) is 1. The van der Waals surface area contributed by atoms with E-state index in [1.807, 2.05) is 0 Å². The molecule has 2 nitrogen and oxygen atoms in total. The van der Waals surface area contributed by atoms with Gasteiger partial charge in [-0.1, -0.05) is 52.0 Å². The van der Waals surface area contributed by atoms with E-state index in [0.717, 1.165) is 32.4 Å². The molecule has 0 heterocycles. The lowest BCUT2D eigenvalue weighted by molar-refractivity contribution is 0.148. The standard InChI is InChI=1S/C18H31NO/c1-6-15-8-10-16(11-9-15)17(7-2)19-14-18(3,4)12-13-20-5/h8-11,17,19H,6-7,12-14H2,1-5H3. The fraction of sp³-hybridized carbons (Fsp3) is 0.667. The lowest BCUT2D eigenvalue weighted by atomic mass is 9.89. The molecule has 1 rings (SSSR count). The van der Waals surface area contributed by atoms with Crippen LogP contribution in [0.4, 0.5) is 0 Å². The Hall–Kier alpha value is -0.860. The molecule has 1 N–H and O–H groups in total. The van der Waals surface area contributed by atoms with E-state index in [2.05, 4.69) is 57.3 Å². The first-order valence-electron chi connectivity index (χ1n) is 7.83. The largest absolute Gasteiger partial charge is 0.385 e. The normalized spacial score (nSPS) is 13.4. The van der Waals surface area contributed by atoms with Crippen LogP contribution in [0.25, 0.3) is 0 Å². The molecule has 0 aliphatic heterocycles. The third kappa shape index (κ3) is 5.64. The topological polar surface area (TPSA) is 21.3 Å². The first-order chi connectivity index (χ1) is 9.52. The van der Waals surface area contributed by atoms with Crippen LogP contribution in [0.3, 0.4) is 0 Å². The molecule has 0 saturated heterocycles. The molecular formula is C18H31NO. The van der Waals surface area contributed by atoms with Gasteiger partial charge < -0.3 is 10.1 Å². The first-order valence-corrected chi connectivity index (χ1v) is 7.83. The maximum Gasteiger partial charge on any atom is 0.0467 e. The summed E-state index contributed by atoms with van der Waals surface area (Å²) in [6.07, 6.45) is 3.31. The summed E-state index contributed by atoms with van der Waals surface area (Å²) in [5, 5.41) is 3.72. The van der Waals surface area contributed by atoms with Crippen molar-refractivity contribution < 1.29 is 4.74 Å². The van der Waals surface area contributed by atoms with E-state index in [0.29, 0.717) is 6.04 Å². The fourth-order valence-electron chi connectivity index (χ4n) is 2.35. The van der Waals surface area contributed by atoms with Crippen LogP contribution in [0.2, 0.25) is 0 Å². The average molecular weight is 277 g/mol. The van der Waals surface area contributed by atoms with E-state index in [1.165, 1.54) is 11.1 Å². The molecular weight excluding hydrogens is 246 g/mol. The number of methoxy groups -OCH3 is 1. The molecule has 0 radical (unpaired) electrons. The number of ether oxygens (including phenoxy) is 1. The zero-order valence-electron chi connectivity index (χ0n) is 13.8. The average Bonchev–Trinajstić information content (AvgIpc) is 2.46. The predicted molar refractivity (Wildman–Crippen MR) is 87.1 cm³/mol. The first kappa shape index (κ1) is 17.2. The van der Waals surface area contributed by atoms with Crippen molar-refractivity contribution in [1.29, 1.82) is 0 Å². The minimum Gasteiger partial charge on any atom is -0.385 e. The summed E-state index contributed by atoms with van der Waals surface area (Å²) in [5.74, 6) is 0. The molecule has 20 heavy (non-hydrogen) atoms. The molecule has 0 bridgehead atoms. The van der Waals surface area contributed by atoms with E-state index in [4.69, 9.17) is 4.74 Å². The van der Waals surface area contributed by atoms with Crippen LogP contribution in [0, 0.1) is 5.41 Å². The molecule has 1 aromatic carbocycles. The molecule has 0 spiro atoms. The SMILES string of the molecule is CCc1ccc(C(CC)NCC(C)(C)CCOC)cc1. The van der Waals surface area contributed by atoms with E-state index in [-0.39, 0.29) is 5.41 Å². The van der Waals surface area contributed by atoms with Gasteiger partial charge >= 0.3 is 0 Å². The Morgan fingerprint density at radius 1 is 1.15 bits per heavy atom. The fourth-order valence-corrected chi connectivity index (χ4v) is 2.35. The van der Waals surface area contributed by atoms with Gasteiger partial charge in [0.05, 0.1) is 0 Å². The number of hydrogen-bond donors (Lipinski definition) is 1. The third-order valence-corrected chi connectivity index (χ3v) is 4.01. The molecule has 1 aromatic rings. The van der Waals surface area contributed by atoms with Crippen LogP contribution in [-0.4, -0.2) is 20.3 Å². The van der Waals surface area contributed by atoms with Crippen molar-refractivity contribution in [3.05, 3.63) is 35.4 Å². The number of hydrogen-bond acceptors (Lipinski definition) is 2. The Balaban J connectivity index is 2.57. The summed E-state index contributed by atoms with van der Waals surface area (Å²) in [5.41, 5.74) is 3.07. The van der Waals surface area contributed by atoms with Gasteiger partial charge in [0.2, 0.25) is 0 Å². The maximum atomic E-state index is 5.19. The Kier molecular flexibility index (Phi) is 7.25. The molecule has 2 heteroatoms. The van der Waals surface area contributed by atoms with Gasteiger partial charge in [0.15, 0.2) is 0 Å². The van der Waals surface area contributed by atoms with Gasteiger partial charge in [-0.25, -0.2) is 0 Å². The quantitative estimate of drug-likeness (QED) is 0.724. The highest BCUT2D eigenvalue weighted by Crippen LogP contribution is 2.23. The van der Waals surface area contributed by atoms with E-state index < -0.39 is 0 Å². The van der Waals surface area contributed by atoms with Crippen LogP contribution >= 0.6 is 0 Å². The summed E-state index contributed by atoms with van der Waals surface area (Å²) in [4.78, 5) is 0. The van der Waals surface area contributed by atoms with Crippen molar-refractivity contribution in [2.75, 3.05) is 20.3 Å². The van der Waals surface area contributed by atoms with E-state index in [9.17, 15) is 0 Å². The third-order valence-electron chi connectivity index (χ3n) is 4.01. The highest BCUT2D eigenvalue weighted by atomic mass is 16.5. The minimum atomic E-state index is 0.271. The Morgan fingerprint density at radius 2 is 1.80 bits per heavy atom. The molecule has 0 saturated carbocycles. The highest BCUT2D eigenvalue weighted by molar-refractivity contribution is 5.25. The predicted octanol–water partition coefficient (Wildman–Crippen LogP) is 4.35. The van der Waals surface area contributed by atoms with E-state index >= 15 is 0 Å². The summed E-state index contributed by atoms with van der Waals surface area (Å²) in [6, 6.07) is 9.47. The summed E-state index contributed by atoms with van der Waals surface area (Å²) in [6.45, 7) is 10.9. The van der Waals surface area contributed by atoms with Crippen molar-refractivity contribution in [3.8, 4) is 0 Å². The minimum absolute atomic E-state index is 0.271.